The van der Waals surface area contributed by atoms with Crippen LogP contribution in [-0.2, 0) is 4.79 Å². The van der Waals surface area contributed by atoms with Crippen LogP contribution >= 0.6 is 0 Å². The second-order valence-corrected chi connectivity index (χ2v) is 7.36. The SMILES string of the molecule is NC(=O)COc1ccccc1C(=O)N1CCCC(CNC(=O)Nc2cccc(F)c2)C1. The lowest BCUT2D eigenvalue weighted by Gasteiger charge is -2.33. The van der Waals surface area contributed by atoms with E-state index in [2.05, 4.69) is 10.6 Å². The van der Waals surface area contributed by atoms with E-state index in [1.165, 1.54) is 18.2 Å². The van der Waals surface area contributed by atoms with Gasteiger partial charge in [-0.25, -0.2) is 9.18 Å². The number of amides is 4. The lowest BCUT2D eigenvalue weighted by atomic mass is 9.97. The number of halogens is 1. The smallest absolute Gasteiger partial charge is 0.319 e. The number of anilines is 1. The predicted molar refractivity (Wildman–Crippen MR) is 113 cm³/mol. The van der Waals surface area contributed by atoms with Crippen molar-refractivity contribution in [1.29, 1.82) is 0 Å². The molecule has 8 nitrogen and oxygen atoms in total. The van der Waals surface area contributed by atoms with Gasteiger partial charge < -0.3 is 26.0 Å². The van der Waals surface area contributed by atoms with Gasteiger partial charge in [-0.2, -0.15) is 0 Å². The minimum Gasteiger partial charge on any atom is -0.483 e. The van der Waals surface area contributed by atoms with Crippen molar-refractivity contribution in [2.45, 2.75) is 12.8 Å². The number of urea groups is 1. The van der Waals surface area contributed by atoms with Gasteiger partial charge in [0.15, 0.2) is 6.61 Å². The Kier molecular flexibility index (Phi) is 7.42. The molecule has 31 heavy (non-hydrogen) atoms. The standard InChI is InChI=1S/C22H25FN4O4/c23-16-6-3-7-17(11-16)26-22(30)25-12-15-5-4-10-27(13-15)21(29)18-8-1-2-9-19(18)31-14-20(24)28/h1-3,6-9,11,15H,4-5,10,12-14H2,(H2,24,28)(H2,25,26,30). The summed E-state index contributed by atoms with van der Waals surface area (Å²) in [5.41, 5.74) is 5.85. The Hall–Kier alpha value is -3.62. The van der Waals surface area contributed by atoms with E-state index < -0.39 is 17.8 Å². The van der Waals surface area contributed by atoms with Crippen LogP contribution in [0, 0.1) is 11.7 Å². The van der Waals surface area contributed by atoms with Crippen molar-refractivity contribution < 1.29 is 23.5 Å². The molecule has 1 fully saturated rings. The van der Waals surface area contributed by atoms with Crippen LogP contribution in [0.15, 0.2) is 48.5 Å². The first-order chi connectivity index (χ1) is 14.9. The topological polar surface area (TPSA) is 114 Å². The second kappa shape index (κ2) is 10.4. The van der Waals surface area contributed by atoms with Crippen LogP contribution in [0.25, 0.3) is 0 Å². The van der Waals surface area contributed by atoms with E-state index in [1.54, 1.807) is 35.2 Å². The molecule has 164 valence electrons. The lowest BCUT2D eigenvalue weighted by Crippen LogP contribution is -2.44. The van der Waals surface area contributed by atoms with E-state index in [0.717, 1.165) is 12.8 Å². The number of likely N-dealkylation sites (tertiary alicyclic amines) is 1. The summed E-state index contributed by atoms with van der Waals surface area (Å²) >= 11 is 0. The van der Waals surface area contributed by atoms with Crippen molar-refractivity contribution in [3.8, 4) is 5.75 Å². The Bertz CT molecular complexity index is 953. The molecule has 2 aromatic carbocycles. The van der Waals surface area contributed by atoms with E-state index >= 15 is 0 Å². The van der Waals surface area contributed by atoms with Crippen molar-refractivity contribution in [3.63, 3.8) is 0 Å². The van der Waals surface area contributed by atoms with E-state index in [9.17, 15) is 18.8 Å². The maximum Gasteiger partial charge on any atom is 0.319 e. The van der Waals surface area contributed by atoms with Gasteiger partial charge in [0, 0.05) is 25.3 Å². The molecule has 0 radical (unpaired) electrons. The second-order valence-electron chi connectivity index (χ2n) is 7.36. The number of rotatable bonds is 7. The number of piperidine rings is 1. The van der Waals surface area contributed by atoms with Crippen molar-refractivity contribution >= 4 is 23.5 Å². The van der Waals surface area contributed by atoms with Gasteiger partial charge in [0.05, 0.1) is 5.56 Å². The maximum absolute atomic E-state index is 13.2. The van der Waals surface area contributed by atoms with E-state index in [-0.39, 0.29) is 18.4 Å². The zero-order valence-electron chi connectivity index (χ0n) is 17.0. The van der Waals surface area contributed by atoms with Gasteiger partial charge >= 0.3 is 6.03 Å². The Morgan fingerprint density at radius 3 is 2.74 bits per heavy atom. The molecule has 0 aliphatic carbocycles. The summed E-state index contributed by atoms with van der Waals surface area (Å²) in [6.45, 7) is 1.14. The summed E-state index contributed by atoms with van der Waals surface area (Å²) in [5.74, 6) is -0.869. The molecule has 0 aromatic heterocycles. The number of nitrogens with zero attached hydrogens (tertiary/aromatic N) is 1. The summed E-state index contributed by atoms with van der Waals surface area (Å²) in [4.78, 5) is 37.8. The highest BCUT2D eigenvalue weighted by Crippen LogP contribution is 2.23. The average Bonchev–Trinajstić information content (AvgIpc) is 2.76. The predicted octanol–water partition coefficient (Wildman–Crippen LogP) is 2.36. The minimum atomic E-state index is -0.622. The zero-order chi connectivity index (χ0) is 22.2. The number of primary amides is 1. The zero-order valence-corrected chi connectivity index (χ0v) is 17.0. The number of para-hydroxylation sites is 1. The first-order valence-corrected chi connectivity index (χ1v) is 10.0. The summed E-state index contributed by atoms with van der Waals surface area (Å²) < 4.78 is 18.6. The molecule has 2 aromatic rings. The maximum atomic E-state index is 13.2. The van der Waals surface area contributed by atoms with Gasteiger partial charge in [-0.05, 0) is 49.1 Å². The molecule has 4 N–H and O–H groups in total. The fourth-order valence-corrected chi connectivity index (χ4v) is 3.48. The molecule has 0 saturated carbocycles. The highest BCUT2D eigenvalue weighted by atomic mass is 19.1. The van der Waals surface area contributed by atoms with Crippen LogP contribution in [-0.4, -0.2) is 49.0 Å². The third-order valence-electron chi connectivity index (χ3n) is 4.93. The van der Waals surface area contributed by atoms with E-state index in [0.29, 0.717) is 36.6 Å². The average molecular weight is 428 g/mol. The van der Waals surface area contributed by atoms with Gasteiger partial charge in [0.25, 0.3) is 11.8 Å². The number of benzene rings is 2. The molecule has 1 atom stereocenters. The number of hydrogen-bond acceptors (Lipinski definition) is 4. The molecule has 1 aliphatic rings. The molecular weight excluding hydrogens is 403 g/mol. The Morgan fingerprint density at radius 1 is 1.16 bits per heavy atom. The first-order valence-electron chi connectivity index (χ1n) is 10.0. The molecule has 1 heterocycles. The van der Waals surface area contributed by atoms with Crippen LogP contribution in [0.4, 0.5) is 14.9 Å². The van der Waals surface area contributed by atoms with Gasteiger partial charge in [0.2, 0.25) is 0 Å². The molecular formula is C22H25FN4O4. The van der Waals surface area contributed by atoms with Gasteiger partial charge in [-0.1, -0.05) is 18.2 Å². The Balaban J connectivity index is 1.55. The first kappa shape index (κ1) is 22.1. The summed E-state index contributed by atoms with van der Waals surface area (Å²) in [6.07, 6.45) is 1.66. The molecule has 1 saturated heterocycles. The Morgan fingerprint density at radius 2 is 1.97 bits per heavy atom. The lowest BCUT2D eigenvalue weighted by molar-refractivity contribution is -0.119. The quantitative estimate of drug-likeness (QED) is 0.628. The number of carbonyl (C=O) groups is 3. The van der Waals surface area contributed by atoms with Gasteiger partial charge in [0.1, 0.15) is 11.6 Å². The van der Waals surface area contributed by atoms with Crippen molar-refractivity contribution in [1.82, 2.24) is 10.2 Å². The third kappa shape index (κ3) is 6.43. The van der Waals surface area contributed by atoms with Crippen LogP contribution < -0.4 is 21.1 Å². The fraction of sp³-hybridized carbons (Fsp3) is 0.318. The third-order valence-corrected chi connectivity index (χ3v) is 4.93. The Labute approximate surface area is 179 Å². The highest BCUT2D eigenvalue weighted by molar-refractivity contribution is 5.97. The molecule has 3 rings (SSSR count). The van der Waals surface area contributed by atoms with Crippen LogP contribution in [0.1, 0.15) is 23.2 Å². The van der Waals surface area contributed by atoms with Crippen molar-refractivity contribution in [2.75, 3.05) is 31.6 Å². The van der Waals surface area contributed by atoms with Crippen molar-refractivity contribution in [3.05, 3.63) is 59.9 Å². The largest absolute Gasteiger partial charge is 0.483 e. The molecule has 0 bridgehead atoms. The molecule has 1 unspecified atom stereocenters. The van der Waals surface area contributed by atoms with Crippen LogP contribution in [0.2, 0.25) is 0 Å². The summed E-state index contributed by atoms with van der Waals surface area (Å²) in [7, 11) is 0. The molecule has 1 aliphatic heterocycles. The number of nitrogens with one attached hydrogen (secondary N) is 2. The highest BCUT2D eigenvalue weighted by Gasteiger charge is 2.26. The normalized spacial score (nSPS) is 15.8. The molecule has 0 spiro atoms. The number of ether oxygens (including phenoxy) is 1. The summed E-state index contributed by atoms with van der Waals surface area (Å²) in [6, 6.07) is 11.9. The van der Waals surface area contributed by atoms with Gasteiger partial charge in [-0.3, -0.25) is 9.59 Å². The van der Waals surface area contributed by atoms with Gasteiger partial charge in [-0.15, -0.1) is 0 Å². The summed E-state index contributed by atoms with van der Waals surface area (Å²) in [5, 5.41) is 5.37. The molecule has 9 heteroatoms. The number of carbonyl (C=O) groups excluding carboxylic acids is 3. The number of hydrogen-bond donors (Lipinski definition) is 3. The number of nitrogens with two attached hydrogens (primary N) is 1. The monoisotopic (exact) mass is 428 g/mol. The van der Waals surface area contributed by atoms with Crippen LogP contribution in [0.5, 0.6) is 5.75 Å². The fourth-order valence-electron chi connectivity index (χ4n) is 3.48. The van der Waals surface area contributed by atoms with Crippen molar-refractivity contribution in [2.24, 2.45) is 11.7 Å². The molecule has 4 amide bonds. The minimum absolute atomic E-state index is 0.0784. The van der Waals surface area contributed by atoms with E-state index in [1.807, 2.05) is 0 Å². The van der Waals surface area contributed by atoms with Crippen LogP contribution in [0.3, 0.4) is 0 Å². The van der Waals surface area contributed by atoms with E-state index in [4.69, 9.17) is 10.5 Å².